The molecule has 0 aromatic carbocycles. The topological polar surface area (TPSA) is 34.1 Å². The molecule has 0 aliphatic heterocycles. The van der Waals surface area contributed by atoms with Gasteiger partial charge in [0.05, 0.1) is 4.91 Å². The highest BCUT2D eigenvalue weighted by molar-refractivity contribution is 8.04. The zero-order valence-corrected chi connectivity index (χ0v) is 16.6. The Balaban J connectivity index is 1.78. The van der Waals surface area contributed by atoms with Crippen molar-refractivity contribution >= 4 is 23.3 Å². The minimum atomic E-state index is -0.0927. The van der Waals surface area contributed by atoms with E-state index >= 15 is 0 Å². The zero-order valence-electron chi connectivity index (χ0n) is 15.8. The minimum Gasteiger partial charge on any atom is -0.299 e. The van der Waals surface area contributed by atoms with Crippen LogP contribution in [-0.4, -0.2) is 17.3 Å². The summed E-state index contributed by atoms with van der Waals surface area (Å²) >= 11 is 1.72. The normalized spacial score (nSPS) is 43.8. The fourth-order valence-corrected chi connectivity index (χ4v) is 7.84. The predicted octanol–water partition coefficient (Wildman–Crippen LogP) is 5.33. The van der Waals surface area contributed by atoms with Gasteiger partial charge in [0.1, 0.15) is 5.78 Å². The Labute approximate surface area is 155 Å². The van der Waals surface area contributed by atoms with Crippen molar-refractivity contribution in [2.45, 2.75) is 65.7 Å². The molecule has 3 saturated carbocycles. The number of fused-ring (bicyclic) bond motifs is 5. The van der Waals surface area contributed by atoms with Gasteiger partial charge in [-0.15, -0.1) is 11.8 Å². The molecule has 5 atom stereocenters. The number of carbonyl (C=O) groups excluding carboxylic acids is 2. The molecule has 4 rings (SSSR count). The maximum Gasteiger partial charge on any atom is 0.169 e. The molecule has 4 aliphatic rings. The van der Waals surface area contributed by atoms with Gasteiger partial charge in [-0.1, -0.05) is 27.4 Å². The lowest BCUT2D eigenvalue weighted by molar-refractivity contribution is -0.132. The summed E-state index contributed by atoms with van der Waals surface area (Å²) in [5.74, 6) is 3.47. The lowest BCUT2D eigenvalue weighted by Gasteiger charge is -2.57. The first-order chi connectivity index (χ1) is 11.8. The van der Waals surface area contributed by atoms with Crippen LogP contribution in [0.2, 0.25) is 0 Å². The lowest BCUT2D eigenvalue weighted by atomic mass is 9.46. The third kappa shape index (κ3) is 2.30. The fraction of sp³-hybridized carbons (Fsp3) is 0.727. The van der Waals surface area contributed by atoms with Crippen molar-refractivity contribution < 1.29 is 9.59 Å². The Morgan fingerprint density at radius 2 is 1.80 bits per heavy atom. The van der Waals surface area contributed by atoms with Crippen LogP contribution >= 0.6 is 11.8 Å². The van der Waals surface area contributed by atoms with Gasteiger partial charge in [0.2, 0.25) is 0 Å². The molecule has 25 heavy (non-hydrogen) atoms. The molecule has 0 saturated heterocycles. The summed E-state index contributed by atoms with van der Waals surface area (Å²) in [4.78, 5) is 26.2. The summed E-state index contributed by atoms with van der Waals surface area (Å²) in [6.07, 6.45) is 6.64. The van der Waals surface area contributed by atoms with Crippen LogP contribution in [0, 0.1) is 28.6 Å². The summed E-state index contributed by atoms with van der Waals surface area (Å²) in [5, 5.41) is 0. The summed E-state index contributed by atoms with van der Waals surface area (Å²) in [6.45, 7) is 11.2. The number of hydrogen-bond donors (Lipinski definition) is 0. The Hall–Kier alpha value is -0.830. The van der Waals surface area contributed by atoms with Crippen LogP contribution < -0.4 is 0 Å². The molecular weight excluding hydrogens is 328 g/mol. The van der Waals surface area contributed by atoms with Gasteiger partial charge in [0.15, 0.2) is 5.78 Å². The van der Waals surface area contributed by atoms with Gasteiger partial charge < -0.3 is 0 Å². The van der Waals surface area contributed by atoms with Crippen molar-refractivity contribution in [1.29, 1.82) is 0 Å². The first kappa shape index (κ1) is 17.6. The van der Waals surface area contributed by atoms with Gasteiger partial charge in [-0.25, -0.2) is 0 Å². The van der Waals surface area contributed by atoms with Crippen LogP contribution in [0.25, 0.3) is 0 Å². The average molecular weight is 359 g/mol. The first-order valence-corrected chi connectivity index (χ1v) is 10.9. The van der Waals surface area contributed by atoms with Gasteiger partial charge in [-0.05, 0) is 72.2 Å². The molecule has 0 aromatic heterocycles. The smallest absolute Gasteiger partial charge is 0.169 e. The van der Waals surface area contributed by atoms with E-state index in [0.29, 0.717) is 35.7 Å². The highest BCUT2D eigenvalue weighted by atomic mass is 32.2. The molecule has 3 fully saturated rings. The minimum absolute atomic E-state index is 0.0817. The van der Waals surface area contributed by atoms with Gasteiger partial charge in [0.25, 0.3) is 0 Å². The van der Waals surface area contributed by atoms with Crippen molar-refractivity contribution in [1.82, 2.24) is 0 Å². The number of ketones is 2. The molecule has 0 radical (unpaired) electrons. The molecule has 3 heteroatoms. The van der Waals surface area contributed by atoms with Crippen molar-refractivity contribution in [3.05, 3.63) is 22.6 Å². The molecular formula is C22H30O2S. The molecule has 136 valence electrons. The van der Waals surface area contributed by atoms with Crippen LogP contribution in [-0.2, 0) is 9.59 Å². The van der Waals surface area contributed by atoms with E-state index in [9.17, 15) is 9.59 Å². The van der Waals surface area contributed by atoms with E-state index in [0.717, 1.165) is 49.2 Å². The molecule has 0 amide bonds. The third-order valence-electron chi connectivity index (χ3n) is 8.01. The Morgan fingerprint density at radius 3 is 2.52 bits per heavy atom. The molecule has 4 aliphatic carbocycles. The van der Waals surface area contributed by atoms with Crippen molar-refractivity contribution in [2.24, 2.45) is 28.6 Å². The highest BCUT2D eigenvalue weighted by Gasteiger charge is 2.60. The molecule has 2 nitrogen and oxygen atoms in total. The second kappa shape index (κ2) is 5.84. The van der Waals surface area contributed by atoms with E-state index in [1.165, 1.54) is 11.1 Å². The Bertz CT molecular complexity index is 690. The first-order valence-electron chi connectivity index (χ1n) is 9.95. The van der Waals surface area contributed by atoms with Crippen molar-refractivity contribution in [2.75, 3.05) is 5.75 Å². The maximum absolute atomic E-state index is 12.6. The Morgan fingerprint density at radius 1 is 1.08 bits per heavy atom. The van der Waals surface area contributed by atoms with Crippen LogP contribution in [0.15, 0.2) is 22.6 Å². The largest absolute Gasteiger partial charge is 0.299 e. The van der Waals surface area contributed by atoms with Crippen LogP contribution in [0.5, 0.6) is 0 Å². The summed E-state index contributed by atoms with van der Waals surface area (Å²) < 4.78 is 0. The monoisotopic (exact) mass is 358 g/mol. The molecule has 0 unspecified atom stereocenters. The summed E-state index contributed by atoms with van der Waals surface area (Å²) in [5.41, 5.74) is 2.48. The molecule has 0 heterocycles. The SMILES string of the molecule is C=C1C[C@@H]2[C@@H](CC[C@]3(C)C(=O)CC[C@@H]23)[C@@]2(C)CCC(=O)C(SCC)=C12. The van der Waals surface area contributed by atoms with Crippen LogP contribution in [0.3, 0.4) is 0 Å². The van der Waals surface area contributed by atoms with E-state index in [-0.39, 0.29) is 10.8 Å². The van der Waals surface area contributed by atoms with E-state index < -0.39 is 0 Å². The standard InChI is InChI=1S/C22H30O2S/c1-5-25-20-17(23)9-11-22(4)16-8-10-21(3)15(6-7-18(21)24)14(16)12-13(2)19(20)22/h14-16H,2,5-12H2,1,3-4H3/t14-,15-,16+,21-,22+/m0/s1. The fourth-order valence-electron chi connectivity index (χ4n) is 6.76. The number of rotatable bonds is 2. The van der Waals surface area contributed by atoms with E-state index in [2.05, 4.69) is 27.4 Å². The number of thioether (sulfide) groups is 1. The predicted molar refractivity (Wildman–Crippen MR) is 103 cm³/mol. The number of Topliss-reactive ketones (excluding diaryl/α,β-unsaturated/α-hetero) is 2. The van der Waals surface area contributed by atoms with Crippen molar-refractivity contribution in [3.63, 3.8) is 0 Å². The average Bonchev–Trinajstić information content (AvgIpc) is 2.87. The quantitative estimate of drug-likeness (QED) is 0.668. The van der Waals surface area contributed by atoms with Gasteiger partial charge >= 0.3 is 0 Å². The van der Waals surface area contributed by atoms with Gasteiger partial charge in [-0.3, -0.25) is 9.59 Å². The lowest BCUT2D eigenvalue weighted by Crippen LogP contribution is -2.51. The van der Waals surface area contributed by atoms with Crippen LogP contribution in [0.1, 0.15) is 65.7 Å². The third-order valence-corrected chi connectivity index (χ3v) is 9.02. The van der Waals surface area contributed by atoms with Gasteiger partial charge in [-0.2, -0.15) is 0 Å². The van der Waals surface area contributed by atoms with Crippen LogP contribution in [0.4, 0.5) is 0 Å². The zero-order chi connectivity index (χ0) is 18.0. The number of hydrogen-bond acceptors (Lipinski definition) is 3. The molecule has 0 bridgehead atoms. The van der Waals surface area contributed by atoms with E-state index in [1.54, 1.807) is 11.8 Å². The Kier molecular flexibility index (Phi) is 4.10. The maximum atomic E-state index is 12.6. The molecule has 0 N–H and O–H groups in total. The summed E-state index contributed by atoms with van der Waals surface area (Å²) in [6, 6.07) is 0. The van der Waals surface area contributed by atoms with Gasteiger partial charge in [0, 0.05) is 18.3 Å². The summed E-state index contributed by atoms with van der Waals surface area (Å²) in [7, 11) is 0. The molecule has 0 spiro atoms. The number of allylic oxidation sites excluding steroid dienone is 2. The highest BCUT2D eigenvalue weighted by Crippen LogP contribution is 2.66. The number of carbonyl (C=O) groups is 2. The van der Waals surface area contributed by atoms with E-state index in [1.807, 2.05) is 0 Å². The van der Waals surface area contributed by atoms with E-state index in [4.69, 9.17) is 0 Å². The van der Waals surface area contributed by atoms with Crippen molar-refractivity contribution in [3.8, 4) is 0 Å². The second-order valence-corrected chi connectivity index (χ2v) is 10.4. The molecule has 0 aromatic rings. The second-order valence-electron chi connectivity index (χ2n) is 9.08.